The van der Waals surface area contributed by atoms with Crippen LogP contribution in [0.15, 0.2) is 41.8 Å². The number of thioether (sulfide) groups is 1. The summed E-state index contributed by atoms with van der Waals surface area (Å²) in [6.07, 6.45) is 3.85. The number of phenolic OH excluding ortho intramolecular Hbond substituents is 1. The molecular formula is C13H12OS. The van der Waals surface area contributed by atoms with Crippen molar-refractivity contribution in [2.45, 2.75) is 4.90 Å². The van der Waals surface area contributed by atoms with Crippen molar-refractivity contribution < 1.29 is 5.11 Å². The van der Waals surface area contributed by atoms with E-state index in [-0.39, 0.29) is 0 Å². The van der Waals surface area contributed by atoms with Crippen LogP contribution in [0.25, 0.3) is 16.8 Å². The Morgan fingerprint density at radius 1 is 1.33 bits per heavy atom. The monoisotopic (exact) mass is 216 g/mol. The first-order valence-electron chi connectivity index (χ1n) is 4.68. The molecule has 0 radical (unpaired) electrons. The zero-order chi connectivity index (χ0) is 10.8. The Balaban J connectivity index is 2.90. The molecule has 2 aromatic carbocycles. The summed E-state index contributed by atoms with van der Waals surface area (Å²) in [6, 6.07) is 9.58. The molecule has 0 bridgehead atoms. The van der Waals surface area contributed by atoms with Gasteiger partial charge >= 0.3 is 0 Å². The van der Waals surface area contributed by atoms with Crippen molar-refractivity contribution in [2.24, 2.45) is 0 Å². The zero-order valence-corrected chi connectivity index (χ0v) is 9.34. The Labute approximate surface area is 93.4 Å². The Morgan fingerprint density at radius 3 is 2.80 bits per heavy atom. The predicted molar refractivity (Wildman–Crippen MR) is 67.5 cm³/mol. The van der Waals surface area contributed by atoms with E-state index < -0.39 is 0 Å². The summed E-state index contributed by atoms with van der Waals surface area (Å²) in [4.78, 5) is 1.08. The smallest absolute Gasteiger partial charge is 0.117 e. The van der Waals surface area contributed by atoms with Gasteiger partial charge in [-0.2, -0.15) is 0 Å². The van der Waals surface area contributed by atoms with Gasteiger partial charge in [0.1, 0.15) is 5.75 Å². The number of fused-ring (bicyclic) bond motifs is 1. The van der Waals surface area contributed by atoms with E-state index in [1.165, 1.54) is 0 Å². The van der Waals surface area contributed by atoms with Crippen LogP contribution in [-0.4, -0.2) is 11.4 Å². The van der Waals surface area contributed by atoms with Crippen LogP contribution in [0, 0.1) is 0 Å². The van der Waals surface area contributed by atoms with E-state index in [0.717, 1.165) is 21.2 Å². The van der Waals surface area contributed by atoms with Gasteiger partial charge in [-0.05, 0) is 29.3 Å². The van der Waals surface area contributed by atoms with Crippen LogP contribution in [0.3, 0.4) is 0 Å². The van der Waals surface area contributed by atoms with E-state index >= 15 is 0 Å². The Bertz CT molecular complexity index is 517. The first-order valence-corrected chi connectivity index (χ1v) is 5.91. The topological polar surface area (TPSA) is 20.2 Å². The molecule has 1 nitrogen and oxygen atoms in total. The molecule has 0 spiro atoms. The fourth-order valence-electron chi connectivity index (χ4n) is 1.73. The summed E-state index contributed by atoms with van der Waals surface area (Å²) in [5.41, 5.74) is 1.11. The second-order valence-corrected chi connectivity index (χ2v) is 4.15. The van der Waals surface area contributed by atoms with Crippen molar-refractivity contribution in [2.75, 3.05) is 6.26 Å². The molecule has 0 saturated carbocycles. The van der Waals surface area contributed by atoms with Gasteiger partial charge in [0.2, 0.25) is 0 Å². The Kier molecular flexibility index (Phi) is 2.69. The van der Waals surface area contributed by atoms with Crippen molar-refractivity contribution in [1.29, 1.82) is 0 Å². The minimum Gasteiger partial charge on any atom is -0.508 e. The third-order valence-corrected chi connectivity index (χ3v) is 3.16. The van der Waals surface area contributed by atoms with Crippen LogP contribution < -0.4 is 0 Å². The van der Waals surface area contributed by atoms with Gasteiger partial charge in [0.05, 0.1) is 0 Å². The Hall–Kier alpha value is -1.41. The van der Waals surface area contributed by atoms with Crippen LogP contribution in [-0.2, 0) is 0 Å². The molecule has 76 valence electrons. The number of hydrogen-bond acceptors (Lipinski definition) is 2. The highest BCUT2D eigenvalue weighted by Crippen LogP contribution is 2.33. The van der Waals surface area contributed by atoms with Gasteiger partial charge in [-0.3, -0.25) is 0 Å². The fraction of sp³-hybridized carbons (Fsp3) is 0.0769. The molecule has 0 aromatic heterocycles. The van der Waals surface area contributed by atoms with E-state index in [1.807, 2.05) is 30.5 Å². The summed E-state index contributed by atoms with van der Waals surface area (Å²) in [5, 5.41) is 11.8. The lowest BCUT2D eigenvalue weighted by atomic mass is 10.0. The third kappa shape index (κ3) is 1.73. The lowest BCUT2D eigenvalue weighted by Crippen LogP contribution is -1.82. The fourth-order valence-corrected chi connectivity index (χ4v) is 2.41. The second kappa shape index (κ2) is 3.99. The molecule has 15 heavy (non-hydrogen) atoms. The standard InChI is InChI=1S/C13H12OS/c1-3-9-5-4-6-10-7-11(14)8-12(15-2)13(9)10/h3-8,14H,1H2,2H3. The summed E-state index contributed by atoms with van der Waals surface area (Å²) >= 11 is 1.63. The molecule has 2 rings (SSSR count). The summed E-state index contributed by atoms with van der Waals surface area (Å²) in [6.45, 7) is 3.81. The van der Waals surface area contributed by atoms with Crippen molar-refractivity contribution in [1.82, 2.24) is 0 Å². The maximum Gasteiger partial charge on any atom is 0.117 e. The van der Waals surface area contributed by atoms with Crippen LogP contribution in [0.1, 0.15) is 5.56 Å². The molecule has 0 aliphatic carbocycles. The van der Waals surface area contributed by atoms with E-state index in [1.54, 1.807) is 23.9 Å². The zero-order valence-electron chi connectivity index (χ0n) is 8.53. The number of aromatic hydroxyl groups is 1. The van der Waals surface area contributed by atoms with Gasteiger partial charge in [0.15, 0.2) is 0 Å². The van der Waals surface area contributed by atoms with Gasteiger partial charge in [-0.15, -0.1) is 11.8 Å². The summed E-state index contributed by atoms with van der Waals surface area (Å²) in [7, 11) is 0. The summed E-state index contributed by atoms with van der Waals surface area (Å²) < 4.78 is 0. The number of phenols is 1. The first-order chi connectivity index (χ1) is 7.26. The van der Waals surface area contributed by atoms with Crippen molar-refractivity contribution in [3.8, 4) is 5.75 Å². The molecule has 0 fully saturated rings. The highest BCUT2D eigenvalue weighted by atomic mass is 32.2. The number of rotatable bonds is 2. The Morgan fingerprint density at radius 2 is 2.13 bits per heavy atom. The molecule has 0 saturated heterocycles. The predicted octanol–water partition coefficient (Wildman–Crippen LogP) is 3.91. The van der Waals surface area contributed by atoms with Crippen molar-refractivity contribution >= 4 is 28.6 Å². The van der Waals surface area contributed by atoms with E-state index in [0.29, 0.717) is 5.75 Å². The highest BCUT2D eigenvalue weighted by molar-refractivity contribution is 7.98. The van der Waals surface area contributed by atoms with Gasteiger partial charge < -0.3 is 5.11 Å². The molecule has 0 atom stereocenters. The minimum atomic E-state index is 0.313. The van der Waals surface area contributed by atoms with Gasteiger partial charge in [0, 0.05) is 10.3 Å². The molecule has 0 heterocycles. The first kappa shape index (κ1) is 10.1. The van der Waals surface area contributed by atoms with Crippen LogP contribution >= 0.6 is 11.8 Å². The van der Waals surface area contributed by atoms with Gasteiger partial charge in [-0.25, -0.2) is 0 Å². The van der Waals surface area contributed by atoms with Crippen molar-refractivity contribution in [3.63, 3.8) is 0 Å². The van der Waals surface area contributed by atoms with Crippen LogP contribution in [0.5, 0.6) is 5.75 Å². The highest BCUT2D eigenvalue weighted by Gasteiger charge is 2.05. The molecule has 0 unspecified atom stereocenters. The quantitative estimate of drug-likeness (QED) is 0.768. The second-order valence-electron chi connectivity index (χ2n) is 3.30. The molecular weight excluding hydrogens is 204 g/mol. The van der Waals surface area contributed by atoms with E-state index in [4.69, 9.17) is 0 Å². The number of hydrogen-bond donors (Lipinski definition) is 1. The minimum absolute atomic E-state index is 0.313. The van der Waals surface area contributed by atoms with Crippen LogP contribution in [0.2, 0.25) is 0 Å². The van der Waals surface area contributed by atoms with Gasteiger partial charge in [-0.1, -0.05) is 30.9 Å². The average Bonchev–Trinajstić information content (AvgIpc) is 2.26. The molecule has 1 N–H and O–H groups in total. The summed E-state index contributed by atoms with van der Waals surface area (Å²) in [5.74, 6) is 0.313. The lowest BCUT2D eigenvalue weighted by Gasteiger charge is -2.08. The van der Waals surface area contributed by atoms with Crippen LogP contribution in [0.4, 0.5) is 0 Å². The van der Waals surface area contributed by atoms with Gasteiger partial charge in [0.25, 0.3) is 0 Å². The molecule has 0 aliphatic heterocycles. The normalized spacial score (nSPS) is 10.5. The molecule has 0 aliphatic rings. The molecule has 2 aromatic rings. The third-order valence-electron chi connectivity index (χ3n) is 2.40. The maximum absolute atomic E-state index is 9.57. The average molecular weight is 216 g/mol. The maximum atomic E-state index is 9.57. The SMILES string of the molecule is C=Cc1cccc2cc(O)cc(SC)c12. The number of benzene rings is 2. The molecule has 2 heteroatoms. The largest absolute Gasteiger partial charge is 0.508 e. The van der Waals surface area contributed by atoms with E-state index in [2.05, 4.69) is 6.58 Å². The lowest BCUT2D eigenvalue weighted by molar-refractivity contribution is 0.475. The van der Waals surface area contributed by atoms with E-state index in [9.17, 15) is 5.11 Å². The molecule has 0 amide bonds. The van der Waals surface area contributed by atoms with Crippen molar-refractivity contribution in [3.05, 3.63) is 42.5 Å².